The Hall–Kier alpha value is -4.69. The molecule has 3 aromatic heterocycles. The molecular formula is C37H36N6O2. The van der Waals surface area contributed by atoms with Crippen molar-refractivity contribution in [2.75, 3.05) is 13.7 Å². The minimum Gasteiger partial charge on any atom is -0.494 e. The molecule has 0 spiro atoms. The van der Waals surface area contributed by atoms with E-state index < -0.39 is 0 Å². The number of aromatic nitrogens is 4. The van der Waals surface area contributed by atoms with Crippen LogP contribution in [-0.4, -0.2) is 55.6 Å². The van der Waals surface area contributed by atoms with E-state index in [0.717, 1.165) is 59.4 Å². The van der Waals surface area contributed by atoms with Crippen LogP contribution >= 0.6 is 0 Å². The number of benzene rings is 3. The van der Waals surface area contributed by atoms with Crippen molar-refractivity contribution in [1.82, 2.24) is 24.0 Å². The van der Waals surface area contributed by atoms with Crippen molar-refractivity contribution in [1.29, 1.82) is 0 Å². The van der Waals surface area contributed by atoms with Gasteiger partial charge in [-0.15, -0.1) is 0 Å². The lowest BCUT2D eigenvalue weighted by Gasteiger charge is -2.27. The first-order valence-corrected chi connectivity index (χ1v) is 16.1. The molecule has 6 aromatic rings. The Morgan fingerprint density at radius 1 is 1.00 bits per heavy atom. The lowest BCUT2D eigenvalue weighted by molar-refractivity contribution is 0.0700. The van der Waals surface area contributed by atoms with Crippen LogP contribution in [0.3, 0.4) is 0 Å². The van der Waals surface area contributed by atoms with Crippen LogP contribution < -0.4 is 10.5 Å². The third-order valence-corrected chi connectivity index (χ3v) is 10.5. The van der Waals surface area contributed by atoms with Crippen LogP contribution in [0.4, 0.5) is 0 Å². The minimum atomic E-state index is 0.0177. The Bertz CT molecular complexity index is 2150. The van der Waals surface area contributed by atoms with Gasteiger partial charge in [0.15, 0.2) is 5.82 Å². The Balaban J connectivity index is 1.17. The van der Waals surface area contributed by atoms with Crippen molar-refractivity contribution in [2.45, 2.75) is 44.3 Å². The normalized spacial score (nSPS) is 21.0. The number of rotatable bonds is 6. The minimum absolute atomic E-state index is 0.0177. The third-order valence-electron chi connectivity index (χ3n) is 10.5. The monoisotopic (exact) mass is 596 g/mol. The number of carbonyl (C=O) groups is 1. The maximum atomic E-state index is 13.8. The van der Waals surface area contributed by atoms with Crippen LogP contribution in [0.2, 0.25) is 0 Å². The predicted octanol–water partition coefficient (Wildman–Crippen LogP) is 6.39. The topological polar surface area (TPSA) is 91.2 Å². The number of hydrogen-bond acceptors (Lipinski definition) is 5. The molecule has 1 amide bonds. The van der Waals surface area contributed by atoms with Gasteiger partial charge >= 0.3 is 0 Å². The van der Waals surface area contributed by atoms with E-state index in [-0.39, 0.29) is 18.0 Å². The number of aryl methyl sites for hydroxylation is 1. The molecule has 3 aromatic carbocycles. The molecule has 2 saturated carbocycles. The number of methoxy groups -OCH3 is 1. The molecule has 2 unspecified atom stereocenters. The molecule has 8 heteroatoms. The summed E-state index contributed by atoms with van der Waals surface area (Å²) in [6.45, 7) is 1.68. The highest BCUT2D eigenvalue weighted by molar-refractivity contribution is 6.01. The first-order valence-electron chi connectivity index (χ1n) is 16.1. The number of amides is 1. The maximum absolute atomic E-state index is 13.8. The highest BCUT2D eigenvalue weighted by Crippen LogP contribution is 2.41. The summed E-state index contributed by atoms with van der Waals surface area (Å²) in [5, 5.41) is 2.33. The van der Waals surface area contributed by atoms with Crippen molar-refractivity contribution >= 4 is 38.7 Å². The van der Waals surface area contributed by atoms with Gasteiger partial charge < -0.3 is 24.5 Å². The van der Waals surface area contributed by atoms with Gasteiger partial charge in [0.2, 0.25) is 0 Å². The van der Waals surface area contributed by atoms with Gasteiger partial charge in [-0.1, -0.05) is 30.3 Å². The number of nitrogens with two attached hydrogens (primary N) is 1. The number of piperidine rings is 1. The van der Waals surface area contributed by atoms with Crippen molar-refractivity contribution < 1.29 is 9.53 Å². The molecule has 4 heterocycles. The largest absolute Gasteiger partial charge is 0.494 e. The molecule has 9 rings (SSSR count). The van der Waals surface area contributed by atoms with Gasteiger partial charge in [0, 0.05) is 60.3 Å². The number of ether oxygens (including phenoxy) is 1. The molecule has 45 heavy (non-hydrogen) atoms. The molecule has 3 fully saturated rings. The number of hydrogen-bond donors (Lipinski definition) is 1. The van der Waals surface area contributed by atoms with E-state index in [1.807, 2.05) is 36.3 Å². The zero-order valence-electron chi connectivity index (χ0n) is 25.6. The molecule has 2 bridgehead atoms. The summed E-state index contributed by atoms with van der Waals surface area (Å²) in [5.41, 5.74) is 14.3. The van der Waals surface area contributed by atoms with Crippen LogP contribution in [0.25, 0.3) is 55.5 Å². The number of fused-ring (bicyclic) bond motifs is 5. The first-order chi connectivity index (χ1) is 22.0. The molecule has 8 nitrogen and oxygen atoms in total. The van der Waals surface area contributed by atoms with Crippen LogP contribution in [0.5, 0.6) is 5.75 Å². The second-order valence-electron chi connectivity index (χ2n) is 13.2. The average molecular weight is 597 g/mol. The maximum Gasteiger partial charge on any atom is 0.254 e. The second-order valence-corrected chi connectivity index (χ2v) is 13.2. The van der Waals surface area contributed by atoms with E-state index in [4.69, 9.17) is 15.5 Å². The van der Waals surface area contributed by atoms with Gasteiger partial charge in [-0.25, -0.2) is 4.98 Å². The van der Waals surface area contributed by atoms with Crippen molar-refractivity contribution in [3.05, 3.63) is 78.5 Å². The molecule has 226 valence electrons. The summed E-state index contributed by atoms with van der Waals surface area (Å²) in [6, 6.07) is 23.5. The summed E-state index contributed by atoms with van der Waals surface area (Å²) in [7, 11) is 3.71. The fourth-order valence-electron chi connectivity index (χ4n) is 7.98. The summed E-state index contributed by atoms with van der Waals surface area (Å²) >= 11 is 0. The fourth-order valence-corrected chi connectivity index (χ4v) is 7.98. The number of nitrogens with zero attached hydrogens (tertiary/aromatic N) is 5. The standard InChI is InChI=1S/C37H36N6O2/c1-41-35-29(15-25(18-33(35)45-2)37(44)43-20-24-12-13-30(43)34(24)38)40-36(41)32-17-23-11-10-22(16-31(23)42(32)19-21-8-9-21)26-5-3-7-28-27(26)6-4-14-39-28/h3-7,10-11,14-18,21,24,30,34H,8-9,12-13,19-20,38H2,1-2H3/t24?,30?,34-/m1/s1. The summed E-state index contributed by atoms with van der Waals surface area (Å²) in [6.07, 6.45) is 6.43. The van der Waals surface area contributed by atoms with E-state index in [9.17, 15) is 4.79 Å². The van der Waals surface area contributed by atoms with Crippen molar-refractivity contribution in [3.8, 4) is 28.4 Å². The predicted molar refractivity (Wildman–Crippen MR) is 177 cm³/mol. The van der Waals surface area contributed by atoms with E-state index in [1.54, 1.807) is 7.11 Å². The van der Waals surface area contributed by atoms with Gasteiger partial charge in [-0.3, -0.25) is 9.78 Å². The fraction of sp³-hybridized carbons (Fsp3) is 0.324. The van der Waals surface area contributed by atoms with Crippen LogP contribution in [0.15, 0.2) is 72.9 Å². The summed E-state index contributed by atoms with van der Waals surface area (Å²) < 4.78 is 10.5. The summed E-state index contributed by atoms with van der Waals surface area (Å²) in [4.78, 5) is 25.5. The van der Waals surface area contributed by atoms with Gasteiger partial charge in [0.1, 0.15) is 11.3 Å². The molecule has 2 N–H and O–H groups in total. The number of imidazole rings is 1. The van der Waals surface area contributed by atoms with E-state index in [2.05, 4.69) is 62.6 Å². The van der Waals surface area contributed by atoms with Crippen molar-refractivity contribution in [2.24, 2.45) is 24.6 Å². The Kier molecular flexibility index (Phi) is 5.88. The van der Waals surface area contributed by atoms with Gasteiger partial charge in [0.05, 0.1) is 23.8 Å². The Morgan fingerprint density at radius 3 is 2.67 bits per heavy atom. The number of likely N-dealkylation sites (tertiary alicyclic amines) is 1. The zero-order chi connectivity index (χ0) is 30.4. The third kappa shape index (κ3) is 4.12. The number of carbonyl (C=O) groups excluding carboxylic acids is 1. The lowest BCUT2D eigenvalue weighted by atomic mass is 10.00. The van der Waals surface area contributed by atoms with Crippen LogP contribution in [0, 0.1) is 11.8 Å². The van der Waals surface area contributed by atoms with Crippen LogP contribution in [0.1, 0.15) is 36.0 Å². The van der Waals surface area contributed by atoms with Gasteiger partial charge in [-0.2, -0.15) is 0 Å². The molecule has 1 aliphatic heterocycles. The molecule has 1 saturated heterocycles. The zero-order valence-corrected chi connectivity index (χ0v) is 25.6. The highest BCUT2D eigenvalue weighted by Gasteiger charge is 2.47. The van der Waals surface area contributed by atoms with Gasteiger partial charge in [-0.05, 0) is 85.0 Å². The lowest BCUT2D eigenvalue weighted by Crippen LogP contribution is -2.41. The second kappa shape index (κ2) is 9.91. The quantitative estimate of drug-likeness (QED) is 0.241. The number of pyridine rings is 1. The summed E-state index contributed by atoms with van der Waals surface area (Å²) in [5.74, 6) is 2.60. The Morgan fingerprint density at radius 2 is 1.89 bits per heavy atom. The van der Waals surface area contributed by atoms with Crippen molar-refractivity contribution in [3.63, 3.8) is 0 Å². The molecule has 3 atom stereocenters. The molecule has 0 radical (unpaired) electrons. The Labute approximate surface area is 261 Å². The van der Waals surface area contributed by atoms with E-state index in [0.29, 0.717) is 23.1 Å². The molecule has 2 aliphatic carbocycles. The SMILES string of the molecule is COc1cc(C(=O)N2CC3CCC2[C@@H]3N)cc2nc(-c3cc4ccc(-c5cccc6ncccc56)cc4n3CC3CC3)n(C)c12. The molecular weight excluding hydrogens is 560 g/mol. The molecule has 3 aliphatic rings. The van der Waals surface area contributed by atoms with Crippen LogP contribution in [-0.2, 0) is 13.6 Å². The smallest absolute Gasteiger partial charge is 0.254 e. The first kappa shape index (κ1) is 26.7. The highest BCUT2D eigenvalue weighted by atomic mass is 16.5. The average Bonchev–Trinajstić information content (AvgIpc) is 3.47. The van der Waals surface area contributed by atoms with E-state index in [1.165, 1.54) is 34.9 Å². The van der Waals surface area contributed by atoms with E-state index >= 15 is 0 Å². The van der Waals surface area contributed by atoms with Gasteiger partial charge in [0.25, 0.3) is 5.91 Å².